The fourth-order valence-corrected chi connectivity index (χ4v) is 6.67. The lowest BCUT2D eigenvalue weighted by molar-refractivity contribution is -0.126. The summed E-state index contributed by atoms with van der Waals surface area (Å²) in [6, 6.07) is 6.86. The number of rotatable bonds is 4. The summed E-state index contributed by atoms with van der Waals surface area (Å²) in [6.45, 7) is 1.93. The number of nitrogens with one attached hydrogen (secondary N) is 1. The molecule has 1 aromatic rings. The van der Waals surface area contributed by atoms with Crippen LogP contribution in [0.2, 0.25) is 0 Å². The lowest BCUT2D eigenvalue weighted by atomic mass is 9.48. The number of carbonyl (C=O) groups is 3. The molecule has 0 radical (unpaired) electrons. The van der Waals surface area contributed by atoms with Crippen LogP contribution in [0.25, 0.3) is 0 Å². The fourth-order valence-electron chi connectivity index (χ4n) is 6.67. The molecule has 1 heterocycles. The van der Waals surface area contributed by atoms with E-state index in [-0.39, 0.29) is 35.7 Å². The van der Waals surface area contributed by atoms with Crippen molar-refractivity contribution in [2.24, 2.45) is 23.2 Å². The summed E-state index contributed by atoms with van der Waals surface area (Å²) in [5, 5.41) is 3.15. The third-order valence-electron chi connectivity index (χ3n) is 7.56. The molecular formula is C22H26N2O3. The zero-order valence-electron chi connectivity index (χ0n) is 15.7. The van der Waals surface area contributed by atoms with E-state index < -0.39 is 0 Å². The van der Waals surface area contributed by atoms with Crippen LogP contribution in [0.1, 0.15) is 66.2 Å². The van der Waals surface area contributed by atoms with Gasteiger partial charge in [-0.1, -0.05) is 12.1 Å². The Kier molecular flexibility index (Phi) is 3.72. The lowest BCUT2D eigenvalue weighted by Crippen LogP contribution is -2.56. The summed E-state index contributed by atoms with van der Waals surface area (Å²) < 4.78 is 0. The van der Waals surface area contributed by atoms with Crippen molar-refractivity contribution in [3.05, 3.63) is 35.4 Å². The Morgan fingerprint density at radius 1 is 1.04 bits per heavy atom. The first-order valence-electron chi connectivity index (χ1n) is 10.2. The van der Waals surface area contributed by atoms with Gasteiger partial charge in [0.1, 0.15) is 6.54 Å². The van der Waals surface area contributed by atoms with E-state index in [1.165, 1.54) is 38.5 Å². The zero-order valence-corrected chi connectivity index (χ0v) is 15.7. The van der Waals surface area contributed by atoms with Gasteiger partial charge in [-0.3, -0.25) is 19.3 Å². The molecule has 0 spiro atoms. The van der Waals surface area contributed by atoms with Crippen molar-refractivity contribution in [1.29, 1.82) is 0 Å². The molecule has 4 saturated carbocycles. The number of nitrogens with zero attached hydrogens (tertiary/aromatic N) is 1. The van der Waals surface area contributed by atoms with Gasteiger partial charge in [-0.2, -0.15) is 0 Å². The Morgan fingerprint density at radius 3 is 2.00 bits per heavy atom. The largest absolute Gasteiger partial charge is 0.352 e. The van der Waals surface area contributed by atoms with Crippen LogP contribution in [0.15, 0.2) is 24.3 Å². The monoisotopic (exact) mass is 366 g/mol. The van der Waals surface area contributed by atoms with Gasteiger partial charge in [0.2, 0.25) is 5.91 Å². The summed E-state index contributed by atoms with van der Waals surface area (Å²) >= 11 is 0. The second-order valence-electron chi connectivity index (χ2n) is 9.31. The Hall–Kier alpha value is -2.17. The molecule has 4 bridgehead atoms. The Bertz CT molecular complexity index is 760. The van der Waals surface area contributed by atoms with Crippen LogP contribution in [-0.2, 0) is 4.79 Å². The quantitative estimate of drug-likeness (QED) is 0.833. The maximum Gasteiger partial charge on any atom is 0.262 e. The molecule has 0 saturated heterocycles. The number of benzene rings is 1. The van der Waals surface area contributed by atoms with Gasteiger partial charge in [-0.25, -0.2) is 0 Å². The molecule has 1 N–H and O–H groups in total. The molecule has 0 unspecified atom stereocenters. The summed E-state index contributed by atoms with van der Waals surface area (Å²) in [5.74, 6) is 1.51. The highest BCUT2D eigenvalue weighted by Gasteiger charge is 2.53. The van der Waals surface area contributed by atoms with Gasteiger partial charge in [0.05, 0.1) is 11.1 Å². The molecule has 5 heteroatoms. The average molecular weight is 366 g/mol. The van der Waals surface area contributed by atoms with Crippen LogP contribution >= 0.6 is 0 Å². The van der Waals surface area contributed by atoms with Crippen molar-refractivity contribution < 1.29 is 14.4 Å². The van der Waals surface area contributed by atoms with Crippen LogP contribution in [0.4, 0.5) is 0 Å². The zero-order chi connectivity index (χ0) is 18.8. The highest BCUT2D eigenvalue weighted by molar-refractivity contribution is 6.22. The number of amides is 3. The van der Waals surface area contributed by atoms with Gasteiger partial charge >= 0.3 is 0 Å². The smallest absolute Gasteiger partial charge is 0.262 e. The molecular weight excluding hydrogens is 340 g/mol. The number of imide groups is 1. The predicted octanol–water partition coefficient (Wildman–Crippen LogP) is 3.00. The minimum atomic E-state index is -0.367. The van der Waals surface area contributed by atoms with Crippen LogP contribution in [0, 0.1) is 23.2 Å². The predicted molar refractivity (Wildman–Crippen MR) is 100 cm³/mol. The second kappa shape index (κ2) is 5.91. The van der Waals surface area contributed by atoms with E-state index in [1.54, 1.807) is 24.3 Å². The maximum atomic E-state index is 12.7. The van der Waals surface area contributed by atoms with E-state index in [0.717, 1.165) is 22.7 Å². The maximum absolute atomic E-state index is 12.7. The first-order chi connectivity index (χ1) is 12.9. The van der Waals surface area contributed by atoms with Crippen LogP contribution in [-0.4, -0.2) is 35.2 Å². The minimum Gasteiger partial charge on any atom is -0.352 e. The van der Waals surface area contributed by atoms with E-state index in [0.29, 0.717) is 11.1 Å². The third-order valence-corrected chi connectivity index (χ3v) is 7.56. The summed E-state index contributed by atoms with van der Waals surface area (Å²) in [4.78, 5) is 38.7. The molecule has 4 fully saturated rings. The Balaban J connectivity index is 1.27. The van der Waals surface area contributed by atoms with E-state index in [9.17, 15) is 14.4 Å². The molecule has 4 aliphatic carbocycles. The molecule has 3 amide bonds. The standard InChI is InChI=1S/C22H26N2O3/c1-13(22-9-14-6-15(10-22)8-16(7-14)11-22)23-19(25)12-24-20(26)17-4-2-3-5-18(17)21(24)27/h2-5,13-16H,6-12H2,1H3,(H,23,25)/t13-,14?,15?,16?,22?/m1/s1. The number of fused-ring (bicyclic) bond motifs is 1. The molecule has 1 aromatic carbocycles. The summed E-state index contributed by atoms with van der Waals surface area (Å²) in [5.41, 5.74) is 1.00. The van der Waals surface area contributed by atoms with E-state index >= 15 is 0 Å². The Morgan fingerprint density at radius 2 is 1.52 bits per heavy atom. The first kappa shape index (κ1) is 17.0. The molecule has 6 rings (SSSR count). The fraction of sp³-hybridized carbons (Fsp3) is 0.591. The van der Waals surface area contributed by atoms with Gasteiger partial charge in [0, 0.05) is 6.04 Å². The molecule has 0 aromatic heterocycles. The normalized spacial score (nSPS) is 34.7. The number of hydrogen-bond donors (Lipinski definition) is 1. The van der Waals surface area contributed by atoms with Gasteiger partial charge in [0.25, 0.3) is 11.8 Å². The summed E-state index contributed by atoms with van der Waals surface area (Å²) in [7, 11) is 0. The molecule has 27 heavy (non-hydrogen) atoms. The van der Waals surface area contributed by atoms with E-state index in [2.05, 4.69) is 12.2 Å². The van der Waals surface area contributed by atoms with Crippen molar-refractivity contribution in [3.63, 3.8) is 0 Å². The van der Waals surface area contributed by atoms with Gasteiger partial charge in [-0.05, 0) is 80.8 Å². The molecule has 1 aliphatic heterocycles. The van der Waals surface area contributed by atoms with Crippen molar-refractivity contribution in [2.75, 3.05) is 6.54 Å². The highest BCUT2D eigenvalue weighted by atomic mass is 16.2. The first-order valence-corrected chi connectivity index (χ1v) is 10.2. The van der Waals surface area contributed by atoms with Crippen molar-refractivity contribution in [3.8, 4) is 0 Å². The third kappa shape index (κ3) is 2.62. The van der Waals surface area contributed by atoms with Crippen molar-refractivity contribution in [1.82, 2.24) is 10.2 Å². The van der Waals surface area contributed by atoms with Crippen molar-refractivity contribution >= 4 is 17.7 Å². The van der Waals surface area contributed by atoms with Crippen LogP contribution in [0.5, 0.6) is 0 Å². The van der Waals surface area contributed by atoms with Crippen LogP contribution in [0.3, 0.4) is 0 Å². The summed E-state index contributed by atoms with van der Waals surface area (Å²) in [6.07, 6.45) is 7.76. The van der Waals surface area contributed by atoms with Crippen LogP contribution < -0.4 is 5.32 Å². The second-order valence-corrected chi connectivity index (χ2v) is 9.31. The molecule has 5 aliphatic rings. The molecule has 142 valence electrons. The van der Waals surface area contributed by atoms with Gasteiger partial charge in [-0.15, -0.1) is 0 Å². The SMILES string of the molecule is C[C@@H](NC(=O)CN1C(=O)c2ccccc2C1=O)C12CC3CC(CC(C3)C1)C2. The minimum absolute atomic E-state index is 0.0913. The van der Waals surface area contributed by atoms with Gasteiger partial charge < -0.3 is 5.32 Å². The number of hydrogen-bond acceptors (Lipinski definition) is 3. The Labute approximate surface area is 159 Å². The number of carbonyl (C=O) groups excluding carboxylic acids is 3. The van der Waals surface area contributed by atoms with Gasteiger partial charge in [0.15, 0.2) is 0 Å². The topological polar surface area (TPSA) is 66.5 Å². The highest BCUT2D eigenvalue weighted by Crippen LogP contribution is 2.61. The lowest BCUT2D eigenvalue weighted by Gasteiger charge is -2.59. The average Bonchev–Trinajstić information content (AvgIpc) is 2.86. The van der Waals surface area contributed by atoms with E-state index in [4.69, 9.17) is 0 Å². The van der Waals surface area contributed by atoms with E-state index in [1.807, 2.05) is 0 Å². The van der Waals surface area contributed by atoms with Crippen molar-refractivity contribution in [2.45, 2.75) is 51.5 Å². The molecule has 1 atom stereocenters. The molecule has 5 nitrogen and oxygen atoms in total.